The SMILES string of the molecule is CC(=O)N1[C@@H](C(=O)O)CS[C@H]1c1cccc(Br)c1. The Bertz CT molecular complexity index is 494. The first-order chi connectivity index (χ1) is 8.50. The number of rotatable bonds is 2. The highest BCUT2D eigenvalue weighted by atomic mass is 79.9. The van der Waals surface area contributed by atoms with Gasteiger partial charge in [0.1, 0.15) is 11.4 Å². The van der Waals surface area contributed by atoms with Crippen molar-refractivity contribution in [1.82, 2.24) is 4.90 Å². The Kier molecular flexibility index (Phi) is 3.97. The van der Waals surface area contributed by atoms with Crippen LogP contribution < -0.4 is 0 Å². The third-order valence-corrected chi connectivity index (χ3v) is 4.60. The summed E-state index contributed by atoms with van der Waals surface area (Å²) in [5.74, 6) is -0.737. The summed E-state index contributed by atoms with van der Waals surface area (Å²) in [4.78, 5) is 24.3. The molecule has 0 saturated carbocycles. The van der Waals surface area contributed by atoms with Crippen molar-refractivity contribution in [2.45, 2.75) is 18.3 Å². The average molecular weight is 330 g/mol. The molecule has 0 aromatic heterocycles. The lowest BCUT2D eigenvalue weighted by atomic mass is 10.2. The number of carbonyl (C=O) groups excluding carboxylic acids is 1. The molecule has 1 aromatic rings. The summed E-state index contributed by atoms with van der Waals surface area (Å²) in [7, 11) is 0. The zero-order chi connectivity index (χ0) is 13.3. The van der Waals surface area contributed by atoms with Gasteiger partial charge in [0.15, 0.2) is 0 Å². The van der Waals surface area contributed by atoms with Crippen LogP contribution in [0.4, 0.5) is 0 Å². The summed E-state index contributed by atoms with van der Waals surface area (Å²) in [5.41, 5.74) is 0.938. The molecule has 1 N–H and O–H groups in total. The summed E-state index contributed by atoms with van der Waals surface area (Å²) in [6.45, 7) is 1.41. The molecule has 1 heterocycles. The zero-order valence-corrected chi connectivity index (χ0v) is 12.1. The maximum atomic E-state index is 11.7. The molecule has 1 aliphatic rings. The number of nitrogens with zero attached hydrogens (tertiary/aromatic N) is 1. The van der Waals surface area contributed by atoms with Gasteiger partial charge >= 0.3 is 5.97 Å². The van der Waals surface area contributed by atoms with Crippen molar-refractivity contribution in [2.24, 2.45) is 0 Å². The number of thioether (sulfide) groups is 1. The Morgan fingerprint density at radius 2 is 2.22 bits per heavy atom. The van der Waals surface area contributed by atoms with Gasteiger partial charge in [-0.15, -0.1) is 11.8 Å². The minimum absolute atomic E-state index is 0.211. The van der Waals surface area contributed by atoms with Crippen molar-refractivity contribution < 1.29 is 14.7 Å². The van der Waals surface area contributed by atoms with Crippen LogP contribution in [0.3, 0.4) is 0 Å². The van der Waals surface area contributed by atoms with Gasteiger partial charge in [-0.3, -0.25) is 4.79 Å². The predicted octanol–water partition coefficient (Wildman–Crippen LogP) is 2.50. The van der Waals surface area contributed by atoms with Crippen LogP contribution in [-0.2, 0) is 9.59 Å². The third-order valence-electron chi connectivity index (χ3n) is 2.78. The number of benzene rings is 1. The van der Waals surface area contributed by atoms with E-state index in [2.05, 4.69) is 15.9 Å². The second-order valence-corrected chi connectivity index (χ2v) is 6.05. The Labute approximate surface area is 117 Å². The second-order valence-electron chi connectivity index (χ2n) is 4.02. The lowest BCUT2D eigenvalue weighted by molar-refractivity contribution is -0.148. The smallest absolute Gasteiger partial charge is 0.327 e. The van der Waals surface area contributed by atoms with E-state index in [1.54, 1.807) is 0 Å². The molecule has 96 valence electrons. The molecule has 1 aromatic carbocycles. The van der Waals surface area contributed by atoms with Crippen LogP contribution in [0.2, 0.25) is 0 Å². The van der Waals surface area contributed by atoms with Crippen LogP contribution in [0.25, 0.3) is 0 Å². The predicted molar refractivity (Wildman–Crippen MR) is 73.3 cm³/mol. The standard InChI is InChI=1S/C12H12BrNO3S/c1-7(15)14-10(12(16)17)6-18-11(14)8-3-2-4-9(13)5-8/h2-5,10-11H,6H2,1H3,(H,16,17)/t10-,11+/m1/s1. The van der Waals surface area contributed by atoms with Gasteiger partial charge in [-0.1, -0.05) is 28.1 Å². The summed E-state index contributed by atoms with van der Waals surface area (Å²) in [6.07, 6.45) is 0. The number of hydrogen-bond donors (Lipinski definition) is 1. The Hall–Kier alpha value is -1.01. The molecule has 0 radical (unpaired) electrons. The molecule has 18 heavy (non-hydrogen) atoms. The van der Waals surface area contributed by atoms with Gasteiger partial charge < -0.3 is 10.0 Å². The lowest BCUT2D eigenvalue weighted by Crippen LogP contribution is -2.41. The van der Waals surface area contributed by atoms with E-state index in [1.165, 1.54) is 23.6 Å². The van der Waals surface area contributed by atoms with Gasteiger partial charge in [-0.05, 0) is 17.7 Å². The monoisotopic (exact) mass is 329 g/mol. The van der Waals surface area contributed by atoms with Crippen LogP contribution in [0.1, 0.15) is 17.9 Å². The van der Waals surface area contributed by atoms with Crippen molar-refractivity contribution in [3.63, 3.8) is 0 Å². The molecule has 1 saturated heterocycles. The highest BCUT2D eigenvalue weighted by molar-refractivity contribution is 9.10. The number of carboxylic acids is 1. The largest absolute Gasteiger partial charge is 0.480 e. The van der Waals surface area contributed by atoms with Crippen molar-refractivity contribution in [2.75, 3.05) is 5.75 Å². The summed E-state index contributed by atoms with van der Waals surface area (Å²) in [6, 6.07) is 6.86. The molecule has 0 bridgehead atoms. The summed E-state index contributed by atoms with van der Waals surface area (Å²) in [5, 5.41) is 8.91. The van der Waals surface area contributed by atoms with Crippen LogP contribution in [0.5, 0.6) is 0 Å². The van der Waals surface area contributed by atoms with Crippen molar-refractivity contribution in [3.8, 4) is 0 Å². The van der Waals surface area contributed by atoms with Crippen LogP contribution in [-0.4, -0.2) is 33.7 Å². The molecule has 0 spiro atoms. The number of halogens is 1. The van der Waals surface area contributed by atoms with E-state index in [0.717, 1.165) is 10.0 Å². The molecule has 2 rings (SSSR count). The number of carbonyl (C=O) groups is 2. The van der Waals surface area contributed by atoms with E-state index < -0.39 is 12.0 Å². The summed E-state index contributed by atoms with van der Waals surface area (Å²) >= 11 is 4.86. The molecular formula is C12H12BrNO3S. The lowest BCUT2D eigenvalue weighted by Gasteiger charge is -2.26. The van der Waals surface area contributed by atoms with Gasteiger partial charge in [0, 0.05) is 17.1 Å². The molecule has 2 atom stereocenters. The second kappa shape index (κ2) is 5.32. The minimum atomic E-state index is -0.949. The first kappa shape index (κ1) is 13.4. The molecule has 1 aliphatic heterocycles. The normalized spacial score (nSPS) is 23.1. The number of carboxylic acid groups (broad SMARTS) is 1. The van der Waals surface area contributed by atoms with E-state index in [1.807, 2.05) is 24.3 Å². The van der Waals surface area contributed by atoms with E-state index >= 15 is 0 Å². The van der Waals surface area contributed by atoms with Crippen molar-refractivity contribution in [1.29, 1.82) is 0 Å². The van der Waals surface area contributed by atoms with Crippen LogP contribution >= 0.6 is 27.7 Å². The Morgan fingerprint density at radius 3 is 2.78 bits per heavy atom. The number of aliphatic carboxylic acids is 1. The number of amides is 1. The fourth-order valence-electron chi connectivity index (χ4n) is 2.00. The highest BCUT2D eigenvalue weighted by Crippen LogP contribution is 2.41. The Balaban J connectivity index is 2.33. The maximum absolute atomic E-state index is 11.7. The van der Waals surface area contributed by atoms with Gasteiger partial charge in [0.2, 0.25) is 5.91 Å². The maximum Gasteiger partial charge on any atom is 0.327 e. The average Bonchev–Trinajstić information content (AvgIpc) is 2.73. The van der Waals surface area contributed by atoms with Crippen molar-refractivity contribution in [3.05, 3.63) is 34.3 Å². The molecular weight excluding hydrogens is 318 g/mol. The van der Waals surface area contributed by atoms with E-state index in [9.17, 15) is 9.59 Å². The van der Waals surface area contributed by atoms with Crippen LogP contribution in [0, 0.1) is 0 Å². The zero-order valence-electron chi connectivity index (χ0n) is 9.67. The molecule has 0 aliphatic carbocycles. The highest BCUT2D eigenvalue weighted by Gasteiger charge is 2.40. The van der Waals surface area contributed by atoms with Gasteiger partial charge in [-0.25, -0.2) is 4.79 Å². The summed E-state index contributed by atoms with van der Waals surface area (Å²) < 4.78 is 0.919. The molecule has 1 amide bonds. The first-order valence-corrected chi connectivity index (χ1v) is 7.23. The first-order valence-electron chi connectivity index (χ1n) is 5.39. The fraction of sp³-hybridized carbons (Fsp3) is 0.333. The Morgan fingerprint density at radius 1 is 1.50 bits per heavy atom. The molecule has 0 unspecified atom stereocenters. The number of hydrogen-bond acceptors (Lipinski definition) is 3. The third kappa shape index (κ3) is 2.54. The van der Waals surface area contributed by atoms with Crippen LogP contribution in [0.15, 0.2) is 28.7 Å². The topological polar surface area (TPSA) is 57.6 Å². The quantitative estimate of drug-likeness (QED) is 0.905. The molecule has 4 nitrogen and oxygen atoms in total. The van der Waals surface area contributed by atoms with E-state index in [4.69, 9.17) is 5.11 Å². The minimum Gasteiger partial charge on any atom is -0.480 e. The van der Waals surface area contributed by atoms with E-state index in [-0.39, 0.29) is 11.3 Å². The fourth-order valence-corrected chi connectivity index (χ4v) is 3.88. The van der Waals surface area contributed by atoms with Gasteiger partial charge in [-0.2, -0.15) is 0 Å². The molecule has 1 fully saturated rings. The van der Waals surface area contributed by atoms with Gasteiger partial charge in [0.05, 0.1) is 0 Å². The van der Waals surface area contributed by atoms with E-state index in [0.29, 0.717) is 5.75 Å². The van der Waals surface area contributed by atoms with Crippen molar-refractivity contribution >= 4 is 39.6 Å². The molecule has 6 heteroatoms. The van der Waals surface area contributed by atoms with Gasteiger partial charge in [0.25, 0.3) is 0 Å².